The topological polar surface area (TPSA) is 79.7 Å². The number of anilines is 1. The van der Waals surface area contributed by atoms with E-state index in [1.54, 1.807) is 43.5 Å². The molecule has 0 radical (unpaired) electrons. The minimum Gasteiger partial charge on any atom is -0.507 e. The monoisotopic (exact) mass is 476 g/mol. The number of hydrogen-bond donors (Lipinski definition) is 1. The fraction of sp³-hybridized carbons (Fsp3) is 0.0800. The Morgan fingerprint density at radius 1 is 1.06 bits per heavy atom. The van der Waals surface area contributed by atoms with Gasteiger partial charge in [-0.15, -0.1) is 0 Å². The van der Waals surface area contributed by atoms with E-state index in [2.05, 4.69) is 4.98 Å². The molecular formula is C25H17ClN2O4S. The maximum Gasteiger partial charge on any atom is 0.301 e. The van der Waals surface area contributed by atoms with Crippen molar-refractivity contribution in [3.63, 3.8) is 0 Å². The summed E-state index contributed by atoms with van der Waals surface area (Å²) < 4.78 is 6.10. The van der Waals surface area contributed by atoms with Crippen LogP contribution in [0.1, 0.15) is 17.2 Å². The molecule has 0 unspecified atom stereocenters. The lowest BCUT2D eigenvalue weighted by atomic mass is 9.95. The number of carbonyl (C=O) groups is 2. The van der Waals surface area contributed by atoms with Gasteiger partial charge in [-0.1, -0.05) is 53.3 Å². The molecule has 6 nitrogen and oxygen atoms in total. The molecule has 4 aromatic rings. The Hall–Kier alpha value is -3.68. The Kier molecular flexibility index (Phi) is 5.36. The van der Waals surface area contributed by atoms with Crippen LogP contribution in [0.3, 0.4) is 0 Å². The van der Waals surface area contributed by atoms with Gasteiger partial charge in [0.15, 0.2) is 5.13 Å². The number of nitrogens with zero attached hydrogens (tertiary/aromatic N) is 2. The molecule has 1 aliphatic rings. The van der Waals surface area contributed by atoms with Crippen molar-refractivity contribution in [1.82, 2.24) is 4.98 Å². The van der Waals surface area contributed by atoms with Crippen molar-refractivity contribution in [2.75, 3.05) is 12.0 Å². The summed E-state index contributed by atoms with van der Waals surface area (Å²) >= 11 is 7.25. The van der Waals surface area contributed by atoms with E-state index in [9.17, 15) is 14.7 Å². The zero-order valence-electron chi connectivity index (χ0n) is 17.4. The van der Waals surface area contributed by atoms with Crippen molar-refractivity contribution in [2.24, 2.45) is 0 Å². The summed E-state index contributed by atoms with van der Waals surface area (Å²) in [7, 11) is 1.58. The van der Waals surface area contributed by atoms with Crippen LogP contribution in [-0.2, 0) is 9.59 Å². The highest BCUT2D eigenvalue weighted by atomic mass is 35.5. The van der Waals surface area contributed by atoms with E-state index < -0.39 is 17.7 Å². The molecule has 1 aromatic heterocycles. The second kappa shape index (κ2) is 8.35. The zero-order valence-corrected chi connectivity index (χ0v) is 18.9. The van der Waals surface area contributed by atoms with Crippen LogP contribution in [0.5, 0.6) is 5.75 Å². The van der Waals surface area contributed by atoms with Crippen LogP contribution >= 0.6 is 22.9 Å². The molecular weight excluding hydrogens is 460 g/mol. The smallest absolute Gasteiger partial charge is 0.301 e. The minimum atomic E-state index is -0.829. The third-order valence-electron chi connectivity index (χ3n) is 5.47. The lowest BCUT2D eigenvalue weighted by Gasteiger charge is -2.22. The third-order valence-corrected chi connectivity index (χ3v) is 6.74. The summed E-state index contributed by atoms with van der Waals surface area (Å²) in [6.45, 7) is 0. The normalized spacial score (nSPS) is 17.6. The molecule has 0 aliphatic carbocycles. The summed E-state index contributed by atoms with van der Waals surface area (Å²) in [4.78, 5) is 32.4. The SMILES string of the molecule is COc1ccc2nc(N3C(=O)C(=O)/C(=C(/O)c4ccc(Cl)cc4)[C@H]3c3ccccc3)sc2c1. The number of hydrogen-bond acceptors (Lipinski definition) is 6. The molecule has 1 fully saturated rings. The van der Waals surface area contributed by atoms with Gasteiger partial charge < -0.3 is 9.84 Å². The molecule has 0 spiro atoms. The van der Waals surface area contributed by atoms with Crippen LogP contribution in [0, 0.1) is 0 Å². The van der Waals surface area contributed by atoms with E-state index in [-0.39, 0.29) is 11.3 Å². The number of thiazole rings is 1. The third kappa shape index (κ3) is 3.65. The molecule has 1 saturated heterocycles. The van der Waals surface area contributed by atoms with Crippen molar-refractivity contribution < 1.29 is 19.4 Å². The number of ketones is 1. The molecule has 0 bridgehead atoms. The number of carbonyl (C=O) groups excluding carboxylic acids is 2. The summed E-state index contributed by atoms with van der Waals surface area (Å²) in [5.74, 6) is -1.11. The molecule has 5 rings (SSSR count). The van der Waals surface area contributed by atoms with Crippen LogP contribution in [0.4, 0.5) is 5.13 Å². The second-order valence-corrected chi connectivity index (χ2v) is 8.86. The number of aromatic nitrogens is 1. The first-order valence-electron chi connectivity index (χ1n) is 10.0. The summed E-state index contributed by atoms with van der Waals surface area (Å²) in [5, 5.41) is 12.0. The van der Waals surface area contributed by atoms with Gasteiger partial charge in [0.05, 0.1) is 28.9 Å². The Balaban J connectivity index is 1.71. The number of aliphatic hydroxyl groups is 1. The minimum absolute atomic E-state index is 0.00496. The maximum absolute atomic E-state index is 13.2. The number of rotatable bonds is 4. The number of aliphatic hydroxyl groups excluding tert-OH is 1. The molecule has 0 saturated carbocycles. The number of ether oxygens (including phenoxy) is 1. The maximum atomic E-state index is 13.2. The Labute approximate surface area is 198 Å². The number of fused-ring (bicyclic) bond motifs is 1. The van der Waals surface area contributed by atoms with Crippen molar-refractivity contribution >= 4 is 55.7 Å². The van der Waals surface area contributed by atoms with Crippen molar-refractivity contribution in [3.05, 3.63) is 94.5 Å². The van der Waals surface area contributed by atoms with E-state index in [0.29, 0.717) is 32.5 Å². The molecule has 1 aliphatic heterocycles. The molecule has 164 valence electrons. The van der Waals surface area contributed by atoms with Crippen LogP contribution < -0.4 is 9.64 Å². The van der Waals surface area contributed by atoms with E-state index in [1.165, 1.54) is 16.2 Å². The number of methoxy groups -OCH3 is 1. The largest absolute Gasteiger partial charge is 0.507 e. The second-order valence-electron chi connectivity index (χ2n) is 7.42. The lowest BCUT2D eigenvalue weighted by molar-refractivity contribution is -0.132. The number of amides is 1. The number of Topliss-reactive ketones (excluding diaryl/α,β-unsaturated/α-hetero) is 1. The fourth-order valence-electron chi connectivity index (χ4n) is 3.87. The van der Waals surface area contributed by atoms with Gasteiger partial charge in [0.1, 0.15) is 11.5 Å². The van der Waals surface area contributed by atoms with Crippen LogP contribution in [0.25, 0.3) is 16.0 Å². The van der Waals surface area contributed by atoms with E-state index in [0.717, 1.165) is 4.70 Å². The van der Waals surface area contributed by atoms with Crippen LogP contribution in [0.15, 0.2) is 78.4 Å². The van der Waals surface area contributed by atoms with E-state index >= 15 is 0 Å². The van der Waals surface area contributed by atoms with Gasteiger partial charge in [-0.2, -0.15) is 0 Å². The van der Waals surface area contributed by atoms with Crippen molar-refractivity contribution in [3.8, 4) is 5.75 Å². The standard InChI is InChI=1S/C25H17ClN2O4S/c1-32-17-11-12-18-19(13-17)33-25(27-18)28-21(14-5-3-2-4-6-14)20(23(30)24(28)31)22(29)15-7-9-16(26)10-8-15/h2-13,21,29H,1H3/b22-20+/t21-/m1/s1. The van der Waals surface area contributed by atoms with Gasteiger partial charge in [-0.05, 0) is 48.0 Å². The molecule has 8 heteroatoms. The van der Waals surface area contributed by atoms with Gasteiger partial charge in [0.25, 0.3) is 5.78 Å². The number of halogens is 1. The summed E-state index contributed by atoms with van der Waals surface area (Å²) in [5.41, 5.74) is 1.77. The predicted molar refractivity (Wildman–Crippen MR) is 129 cm³/mol. The van der Waals surface area contributed by atoms with Gasteiger partial charge in [-0.25, -0.2) is 4.98 Å². The highest BCUT2D eigenvalue weighted by Gasteiger charge is 2.48. The molecule has 1 atom stereocenters. The Morgan fingerprint density at radius 3 is 2.48 bits per heavy atom. The first kappa shape index (κ1) is 21.2. The zero-order chi connectivity index (χ0) is 23.1. The van der Waals surface area contributed by atoms with Crippen LogP contribution in [-0.4, -0.2) is 28.9 Å². The highest BCUT2D eigenvalue weighted by molar-refractivity contribution is 7.22. The molecule has 1 amide bonds. The van der Waals surface area contributed by atoms with E-state index in [1.807, 2.05) is 36.4 Å². The lowest BCUT2D eigenvalue weighted by Crippen LogP contribution is -2.29. The Morgan fingerprint density at radius 2 is 1.79 bits per heavy atom. The highest BCUT2D eigenvalue weighted by Crippen LogP contribution is 2.44. The van der Waals surface area contributed by atoms with Crippen LogP contribution in [0.2, 0.25) is 5.02 Å². The quantitative estimate of drug-likeness (QED) is 0.236. The molecule has 33 heavy (non-hydrogen) atoms. The van der Waals surface area contributed by atoms with Gasteiger partial charge >= 0.3 is 5.91 Å². The average Bonchev–Trinajstić information content (AvgIpc) is 3.37. The predicted octanol–water partition coefficient (Wildman–Crippen LogP) is 5.58. The van der Waals surface area contributed by atoms with Crippen molar-refractivity contribution in [2.45, 2.75) is 6.04 Å². The summed E-state index contributed by atoms with van der Waals surface area (Å²) in [6.07, 6.45) is 0. The van der Waals surface area contributed by atoms with Gasteiger partial charge in [0, 0.05) is 10.6 Å². The van der Waals surface area contributed by atoms with Gasteiger partial charge in [-0.3, -0.25) is 14.5 Å². The Bertz CT molecular complexity index is 1410. The number of benzene rings is 3. The average molecular weight is 477 g/mol. The van der Waals surface area contributed by atoms with Crippen molar-refractivity contribution in [1.29, 1.82) is 0 Å². The first-order valence-corrected chi connectivity index (χ1v) is 11.2. The summed E-state index contributed by atoms with van der Waals surface area (Å²) in [6, 6.07) is 20.2. The first-order chi connectivity index (χ1) is 16.0. The molecule has 3 aromatic carbocycles. The van der Waals surface area contributed by atoms with Gasteiger partial charge in [0.2, 0.25) is 0 Å². The molecule has 1 N–H and O–H groups in total. The molecule has 2 heterocycles. The van der Waals surface area contributed by atoms with E-state index in [4.69, 9.17) is 16.3 Å². The fourth-order valence-corrected chi connectivity index (χ4v) is 5.01.